The fourth-order valence-corrected chi connectivity index (χ4v) is 1.73. The maximum atomic E-state index is 13.5. The van der Waals surface area contributed by atoms with Crippen LogP contribution in [0.3, 0.4) is 0 Å². The highest BCUT2D eigenvalue weighted by molar-refractivity contribution is 5.29. The van der Waals surface area contributed by atoms with E-state index in [2.05, 4.69) is 0 Å². The average molecular weight is 379 g/mol. The molecule has 0 spiro atoms. The normalized spacial score (nSPS) is 16.2. The molecule has 139 valence electrons. The predicted octanol–water partition coefficient (Wildman–Crippen LogP) is 5.64. The number of hydrogen-bond donors (Lipinski definition) is 0. The summed E-state index contributed by atoms with van der Waals surface area (Å²) >= 11 is 0. The third-order valence-corrected chi connectivity index (χ3v) is 2.75. The van der Waals surface area contributed by atoms with Crippen molar-refractivity contribution in [2.24, 2.45) is 0 Å². The molecule has 0 rings (SSSR count). The van der Waals surface area contributed by atoms with E-state index < -0.39 is 48.4 Å². The lowest BCUT2D eigenvalue weighted by Gasteiger charge is -2.43. The van der Waals surface area contributed by atoms with Gasteiger partial charge in [-0.2, -0.15) is 52.7 Å². The van der Waals surface area contributed by atoms with Crippen LogP contribution >= 0.6 is 0 Å². The predicted molar refractivity (Wildman–Crippen MR) is 45.4 cm³/mol. The second-order valence-corrected chi connectivity index (χ2v) is 4.14. The molecule has 0 aliphatic heterocycles. The summed E-state index contributed by atoms with van der Waals surface area (Å²) in [5, 5.41) is 0. The molecule has 14 heteroatoms. The summed E-state index contributed by atoms with van der Waals surface area (Å²) in [5.74, 6) is -4.09. The van der Waals surface area contributed by atoms with Gasteiger partial charge >= 0.3 is 36.0 Å². The van der Waals surface area contributed by atoms with Crippen LogP contribution in [0, 0.1) is 5.92 Å². The number of alkyl halides is 14. The summed E-state index contributed by atoms with van der Waals surface area (Å²) in [7, 11) is 0. The molecule has 23 heavy (non-hydrogen) atoms. The molecule has 0 aromatic heterocycles. The molecule has 0 aromatic rings. The maximum absolute atomic E-state index is 13.5. The first-order valence-electron chi connectivity index (χ1n) is 5.21. The summed E-state index contributed by atoms with van der Waals surface area (Å²) in [6.45, 7) is -0.104. The molecule has 0 aliphatic rings. The van der Waals surface area contributed by atoms with Crippen LogP contribution in [0.15, 0.2) is 0 Å². The first-order chi connectivity index (χ1) is 9.69. The van der Waals surface area contributed by atoms with Gasteiger partial charge in [0.25, 0.3) is 0 Å². The number of hydrogen-bond acceptors (Lipinski definition) is 0. The van der Waals surface area contributed by atoms with Crippen LogP contribution in [-0.2, 0) is 0 Å². The van der Waals surface area contributed by atoms with Gasteiger partial charge in [0, 0.05) is 0 Å². The van der Waals surface area contributed by atoms with E-state index in [0.29, 0.717) is 0 Å². The fraction of sp³-hybridized carbons (Fsp3) is 0.889. The molecule has 0 amide bonds. The summed E-state index contributed by atoms with van der Waals surface area (Å²) in [6.07, 6.45) is -31.7. The van der Waals surface area contributed by atoms with Crippen molar-refractivity contribution in [1.82, 2.24) is 0 Å². The Morgan fingerprint density at radius 3 is 0.739 bits per heavy atom. The van der Waals surface area contributed by atoms with E-state index >= 15 is 0 Å². The lowest BCUT2D eigenvalue weighted by molar-refractivity contribution is -0.379. The van der Waals surface area contributed by atoms with Gasteiger partial charge in [0.15, 0.2) is 0 Å². The second kappa shape index (κ2) is 5.53. The van der Waals surface area contributed by atoms with Crippen LogP contribution in [0.25, 0.3) is 0 Å². The second-order valence-electron chi connectivity index (χ2n) is 4.14. The highest BCUT2D eigenvalue weighted by Gasteiger charge is 2.87. The largest absolute Gasteiger partial charge is 0.432 e. The van der Waals surface area contributed by atoms with E-state index in [1.54, 1.807) is 0 Å². The maximum Gasteiger partial charge on any atom is 0.432 e. The molecule has 0 aromatic carbocycles. The Hall–Kier alpha value is -0.980. The summed E-state index contributed by atoms with van der Waals surface area (Å²) in [4.78, 5) is 0. The molecule has 0 nitrogen and oxygen atoms in total. The summed E-state index contributed by atoms with van der Waals surface area (Å²) in [6, 6.07) is 0. The zero-order valence-corrected chi connectivity index (χ0v) is 10.5. The molecular formula is C9H5F14. The van der Waals surface area contributed by atoms with E-state index in [0.717, 1.165) is 0 Å². The smallest absolute Gasteiger partial charge is 0.223 e. The van der Waals surface area contributed by atoms with Gasteiger partial charge in [0.1, 0.15) is 0 Å². The van der Waals surface area contributed by atoms with E-state index in [9.17, 15) is 61.5 Å². The van der Waals surface area contributed by atoms with E-state index in [1.165, 1.54) is 0 Å². The molecule has 0 fully saturated rings. The van der Waals surface area contributed by atoms with Gasteiger partial charge in [-0.25, -0.2) is 8.78 Å². The van der Waals surface area contributed by atoms with Crippen LogP contribution in [-0.4, -0.2) is 36.0 Å². The standard InChI is InChI=1S/C9H5F14/c1-2-3(4(10,6(12,13)14)7(15,16)17)5(11,8(18,19)20)9(21,22)23/h2H2,1H3. The van der Waals surface area contributed by atoms with Crippen molar-refractivity contribution >= 4 is 0 Å². The zero-order chi connectivity index (χ0) is 19.3. The Morgan fingerprint density at radius 1 is 0.478 bits per heavy atom. The van der Waals surface area contributed by atoms with E-state index in [4.69, 9.17) is 0 Å². The van der Waals surface area contributed by atoms with Crippen molar-refractivity contribution in [3.8, 4) is 0 Å². The highest BCUT2D eigenvalue weighted by atomic mass is 19.4. The van der Waals surface area contributed by atoms with Gasteiger partial charge in [-0.1, -0.05) is 6.92 Å². The molecular weight excluding hydrogens is 374 g/mol. The van der Waals surface area contributed by atoms with Crippen LogP contribution in [0.5, 0.6) is 0 Å². The molecule has 0 N–H and O–H groups in total. The topological polar surface area (TPSA) is 0 Å². The van der Waals surface area contributed by atoms with Crippen molar-refractivity contribution in [1.29, 1.82) is 0 Å². The Balaban J connectivity index is 6.76. The minimum absolute atomic E-state index is 0.104. The average Bonchev–Trinajstić information content (AvgIpc) is 2.22. The van der Waals surface area contributed by atoms with Crippen molar-refractivity contribution < 1.29 is 61.5 Å². The van der Waals surface area contributed by atoms with Gasteiger partial charge < -0.3 is 0 Å². The fourth-order valence-electron chi connectivity index (χ4n) is 1.73. The lowest BCUT2D eigenvalue weighted by Crippen LogP contribution is -2.69. The SMILES string of the molecule is CC[C](C(F)(C(F)(F)F)C(F)(F)F)C(F)(C(F)(F)F)C(F)(F)F. The monoisotopic (exact) mass is 379 g/mol. The Bertz CT molecular complexity index is 340. The third kappa shape index (κ3) is 3.16. The highest BCUT2D eigenvalue weighted by Crippen LogP contribution is 2.63. The van der Waals surface area contributed by atoms with Crippen molar-refractivity contribution in [3.63, 3.8) is 0 Å². The van der Waals surface area contributed by atoms with Gasteiger partial charge in [0.05, 0.1) is 5.92 Å². The molecule has 0 atom stereocenters. The molecule has 0 bridgehead atoms. The molecule has 0 aliphatic carbocycles. The molecule has 0 saturated heterocycles. The lowest BCUT2D eigenvalue weighted by atomic mass is 9.73. The molecule has 0 saturated carbocycles. The van der Waals surface area contributed by atoms with Gasteiger partial charge in [-0.3, -0.25) is 0 Å². The van der Waals surface area contributed by atoms with Crippen molar-refractivity contribution in [2.45, 2.75) is 49.4 Å². The van der Waals surface area contributed by atoms with E-state index in [1.807, 2.05) is 0 Å². The Kier molecular flexibility index (Phi) is 5.30. The van der Waals surface area contributed by atoms with Gasteiger partial charge in [0.2, 0.25) is 0 Å². The minimum atomic E-state index is -7.32. The van der Waals surface area contributed by atoms with Crippen LogP contribution in [0.1, 0.15) is 13.3 Å². The first-order valence-corrected chi connectivity index (χ1v) is 5.21. The minimum Gasteiger partial charge on any atom is -0.223 e. The molecule has 0 unspecified atom stereocenters. The van der Waals surface area contributed by atoms with Crippen LogP contribution < -0.4 is 0 Å². The Morgan fingerprint density at radius 2 is 0.652 bits per heavy atom. The Labute approximate surface area is 118 Å². The summed E-state index contributed by atoms with van der Waals surface area (Å²) in [5.41, 5.74) is -14.3. The zero-order valence-electron chi connectivity index (χ0n) is 10.5. The van der Waals surface area contributed by atoms with Crippen molar-refractivity contribution in [2.75, 3.05) is 0 Å². The molecule has 1 radical (unpaired) electrons. The van der Waals surface area contributed by atoms with Crippen molar-refractivity contribution in [3.05, 3.63) is 5.92 Å². The third-order valence-electron chi connectivity index (χ3n) is 2.75. The van der Waals surface area contributed by atoms with Gasteiger partial charge in [-0.05, 0) is 6.42 Å². The quantitative estimate of drug-likeness (QED) is 0.557. The van der Waals surface area contributed by atoms with Crippen LogP contribution in [0.2, 0.25) is 0 Å². The number of rotatable bonds is 3. The first kappa shape index (κ1) is 22.0. The van der Waals surface area contributed by atoms with E-state index in [-0.39, 0.29) is 6.92 Å². The number of halogens is 14. The van der Waals surface area contributed by atoms with Crippen LogP contribution in [0.4, 0.5) is 61.5 Å². The summed E-state index contributed by atoms with van der Waals surface area (Å²) < 4.78 is 175. The van der Waals surface area contributed by atoms with Gasteiger partial charge in [-0.15, -0.1) is 0 Å². The molecule has 0 heterocycles.